The lowest BCUT2D eigenvalue weighted by Crippen LogP contribution is -2.29. The van der Waals surface area contributed by atoms with Crippen LogP contribution in [0.5, 0.6) is 0 Å². The third-order valence-electron chi connectivity index (χ3n) is 4.00. The van der Waals surface area contributed by atoms with E-state index in [0.717, 1.165) is 54.3 Å². The van der Waals surface area contributed by atoms with Crippen molar-refractivity contribution in [3.05, 3.63) is 24.0 Å². The molecule has 0 saturated heterocycles. The van der Waals surface area contributed by atoms with Gasteiger partial charge in [0.25, 0.3) is 0 Å². The first-order valence-corrected chi connectivity index (χ1v) is 8.24. The van der Waals surface area contributed by atoms with E-state index in [2.05, 4.69) is 27.5 Å². The Bertz CT molecular complexity index is 645. The molecule has 0 unspecified atom stereocenters. The lowest BCUT2D eigenvalue weighted by Gasteiger charge is -2.06. The van der Waals surface area contributed by atoms with Crippen LogP contribution in [0.1, 0.15) is 38.4 Å². The monoisotopic (exact) mass is 300 g/mol. The number of aryl methyl sites for hydroxylation is 1. The van der Waals surface area contributed by atoms with Crippen molar-refractivity contribution in [1.82, 2.24) is 15.3 Å². The summed E-state index contributed by atoms with van der Waals surface area (Å²) in [5.74, 6) is 1.81. The average Bonchev–Trinajstić information content (AvgIpc) is 3.23. The molecule has 2 aromatic rings. The molecule has 0 radical (unpaired) electrons. The van der Waals surface area contributed by atoms with Gasteiger partial charge in [0.1, 0.15) is 5.82 Å². The second kappa shape index (κ2) is 6.92. The van der Waals surface area contributed by atoms with Crippen LogP contribution in [-0.2, 0) is 11.2 Å². The average molecular weight is 300 g/mol. The minimum absolute atomic E-state index is 0.00530. The summed E-state index contributed by atoms with van der Waals surface area (Å²) in [4.78, 5) is 19.8. The van der Waals surface area contributed by atoms with Crippen LogP contribution >= 0.6 is 0 Å². The first kappa shape index (κ1) is 15.0. The molecule has 3 rings (SSSR count). The molecule has 1 aromatic carbocycles. The van der Waals surface area contributed by atoms with Gasteiger partial charge in [-0.15, -0.1) is 0 Å². The molecule has 3 N–H and O–H groups in total. The van der Waals surface area contributed by atoms with Gasteiger partial charge in [-0.2, -0.15) is 0 Å². The Hall–Kier alpha value is -1.88. The number of anilines is 1. The van der Waals surface area contributed by atoms with Crippen molar-refractivity contribution in [3.63, 3.8) is 0 Å². The number of rotatable bonds is 8. The van der Waals surface area contributed by atoms with Crippen LogP contribution in [0.25, 0.3) is 11.0 Å². The molecule has 0 aliphatic heterocycles. The normalized spacial score (nSPS) is 14.4. The molecule has 22 heavy (non-hydrogen) atoms. The van der Waals surface area contributed by atoms with Crippen LogP contribution in [-0.4, -0.2) is 29.0 Å². The Labute approximate surface area is 130 Å². The van der Waals surface area contributed by atoms with Crippen LogP contribution in [0.4, 0.5) is 5.69 Å². The van der Waals surface area contributed by atoms with Crippen molar-refractivity contribution in [2.75, 3.05) is 18.4 Å². The number of imidazole rings is 1. The quantitative estimate of drug-likeness (QED) is 0.702. The summed E-state index contributed by atoms with van der Waals surface area (Å²) in [6.45, 7) is 3.50. The van der Waals surface area contributed by atoms with Gasteiger partial charge < -0.3 is 15.6 Å². The molecule has 1 aromatic heterocycles. The third kappa shape index (κ3) is 4.07. The Morgan fingerprint density at radius 3 is 3.05 bits per heavy atom. The summed E-state index contributed by atoms with van der Waals surface area (Å²) in [6.07, 6.45) is 5.86. The van der Waals surface area contributed by atoms with Crippen molar-refractivity contribution >= 4 is 22.6 Å². The summed E-state index contributed by atoms with van der Waals surface area (Å²) < 4.78 is 0. The highest BCUT2D eigenvalue weighted by atomic mass is 16.1. The molecule has 1 heterocycles. The van der Waals surface area contributed by atoms with Crippen LogP contribution in [0.15, 0.2) is 18.2 Å². The van der Waals surface area contributed by atoms with Crippen LogP contribution in [0.2, 0.25) is 0 Å². The van der Waals surface area contributed by atoms with E-state index >= 15 is 0 Å². The molecule has 0 spiro atoms. The van der Waals surface area contributed by atoms with Gasteiger partial charge in [-0.1, -0.05) is 13.3 Å². The van der Waals surface area contributed by atoms with Gasteiger partial charge in [0, 0.05) is 12.1 Å². The molecular weight excluding hydrogens is 276 g/mol. The topological polar surface area (TPSA) is 69.8 Å². The summed E-state index contributed by atoms with van der Waals surface area (Å²) in [7, 11) is 0. The summed E-state index contributed by atoms with van der Waals surface area (Å²) in [5.41, 5.74) is 2.75. The number of aromatic nitrogens is 2. The zero-order valence-electron chi connectivity index (χ0n) is 13.1. The summed E-state index contributed by atoms with van der Waals surface area (Å²) in [6, 6.07) is 5.82. The van der Waals surface area contributed by atoms with Crippen molar-refractivity contribution < 1.29 is 4.79 Å². The largest absolute Gasteiger partial charge is 0.342 e. The fraction of sp³-hybridized carbons (Fsp3) is 0.529. The summed E-state index contributed by atoms with van der Waals surface area (Å²) >= 11 is 0. The number of fused-ring (bicyclic) bond motifs is 1. The number of nitrogens with zero attached hydrogens (tertiary/aromatic N) is 1. The van der Waals surface area contributed by atoms with E-state index in [9.17, 15) is 4.79 Å². The lowest BCUT2D eigenvalue weighted by atomic mass is 10.2. The van der Waals surface area contributed by atoms with E-state index in [1.807, 2.05) is 18.2 Å². The third-order valence-corrected chi connectivity index (χ3v) is 4.00. The van der Waals surface area contributed by atoms with E-state index in [4.69, 9.17) is 0 Å². The predicted octanol–water partition coefficient (Wildman–Crippen LogP) is 2.84. The molecule has 1 aliphatic carbocycles. The van der Waals surface area contributed by atoms with Gasteiger partial charge in [-0.05, 0) is 49.9 Å². The molecule has 0 atom stereocenters. The maximum absolute atomic E-state index is 11.9. The maximum Gasteiger partial charge on any atom is 0.238 e. The fourth-order valence-corrected chi connectivity index (χ4v) is 2.52. The zero-order valence-corrected chi connectivity index (χ0v) is 13.1. The summed E-state index contributed by atoms with van der Waals surface area (Å²) in [5, 5.41) is 6.13. The van der Waals surface area contributed by atoms with E-state index in [0.29, 0.717) is 6.54 Å². The first-order chi connectivity index (χ1) is 10.7. The van der Waals surface area contributed by atoms with Gasteiger partial charge in [-0.3, -0.25) is 4.79 Å². The molecule has 5 nitrogen and oxygen atoms in total. The smallest absolute Gasteiger partial charge is 0.238 e. The second-order valence-corrected chi connectivity index (χ2v) is 6.14. The van der Waals surface area contributed by atoms with Crippen molar-refractivity contribution in [1.29, 1.82) is 0 Å². The second-order valence-electron chi connectivity index (χ2n) is 6.14. The minimum Gasteiger partial charge on any atom is -0.342 e. The number of benzene rings is 1. The highest BCUT2D eigenvalue weighted by molar-refractivity contribution is 5.94. The molecule has 5 heteroatoms. The molecule has 118 valence electrons. The van der Waals surface area contributed by atoms with Gasteiger partial charge in [0.05, 0.1) is 17.6 Å². The van der Waals surface area contributed by atoms with E-state index in [1.54, 1.807) is 0 Å². The minimum atomic E-state index is 0.00530. The van der Waals surface area contributed by atoms with Crippen molar-refractivity contribution in [2.24, 2.45) is 5.92 Å². The highest BCUT2D eigenvalue weighted by Gasteiger charge is 2.20. The Kier molecular flexibility index (Phi) is 4.73. The number of amides is 1. The number of carbonyl (C=O) groups excluding carboxylic acids is 1. The van der Waals surface area contributed by atoms with Crippen molar-refractivity contribution in [2.45, 2.75) is 39.0 Å². The number of H-pyrrole nitrogens is 1. The van der Waals surface area contributed by atoms with Gasteiger partial charge in [-0.25, -0.2) is 4.98 Å². The molecule has 1 aliphatic rings. The predicted molar refractivity (Wildman–Crippen MR) is 88.9 cm³/mol. The Morgan fingerprint density at radius 2 is 2.27 bits per heavy atom. The van der Waals surface area contributed by atoms with Gasteiger partial charge >= 0.3 is 0 Å². The van der Waals surface area contributed by atoms with Crippen LogP contribution < -0.4 is 10.6 Å². The van der Waals surface area contributed by atoms with Crippen LogP contribution in [0.3, 0.4) is 0 Å². The Balaban J connectivity index is 1.57. The lowest BCUT2D eigenvalue weighted by molar-refractivity contribution is -0.115. The van der Waals surface area contributed by atoms with Crippen LogP contribution in [0, 0.1) is 5.92 Å². The van der Waals surface area contributed by atoms with Gasteiger partial charge in [0.15, 0.2) is 0 Å². The number of carbonyl (C=O) groups is 1. The number of hydrogen-bond acceptors (Lipinski definition) is 3. The SMILES string of the molecule is CCCCc1nc2ccc(NC(=O)CNCC3CC3)cc2[nH]1. The molecule has 1 fully saturated rings. The molecule has 0 bridgehead atoms. The number of nitrogens with one attached hydrogen (secondary N) is 3. The highest BCUT2D eigenvalue weighted by Crippen LogP contribution is 2.27. The Morgan fingerprint density at radius 1 is 1.41 bits per heavy atom. The maximum atomic E-state index is 11.9. The van der Waals surface area contributed by atoms with E-state index < -0.39 is 0 Å². The first-order valence-electron chi connectivity index (χ1n) is 8.24. The number of hydrogen-bond donors (Lipinski definition) is 3. The number of unbranched alkanes of at least 4 members (excludes halogenated alkanes) is 1. The molecule has 1 saturated carbocycles. The van der Waals surface area contributed by atoms with E-state index in [1.165, 1.54) is 12.8 Å². The van der Waals surface area contributed by atoms with E-state index in [-0.39, 0.29) is 5.91 Å². The molecule has 1 amide bonds. The standard InChI is InChI=1S/C17H24N4O/c1-2-3-4-16-20-14-8-7-13(9-15(14)21-16)19-17(22)11-18-10-12-5-6-12/h7-9,12,18H,2-6,10-11H2,1H3,(H,19,22)(H,20,21). The van der Waals surface area contributed by atoms with Crippen molar-refractivity contribution in [3.8, 4) is 0 Å². The van der Waals surface area contributed by atoms with Gasteiger partial charge in [0.2, 0.25) is 5.91 Å². The fourth-order valence-electron chi connectivity index (χ4n) is 2.52. The molecular formula is C17H24N4O. The zero-order chi connectivity index (χ0) is 15.4. The number of aromatic amines is 1.